The number of aryl methyl sites for hydroxylation is 2. The quantitative estimate of drug-likeness (QED) is 0.846. The number of amides is 1. The van der Waals surface area contributed by atoms with Crippen LogP contribution in [0.5, 0.6) is 0 Å². The molecule has 1 amide bonds. The molecule has 6 nitrogen and oxygen atoms in total. The Morgan fingerprint density at radius 3 is 2.24 bits per heavy atom. The lowest BCUT2D eigenvalue weighted by atomic mass is 10.1. The van der Waals surface area contributed by atoms with Gasteiger partial charge >= 0.3 is 11.9 Å². The first-order valence-electron chi connectivity index (χ1n) is 7.63. The van der Waals surface area contributed by atoms with Crippen LogP contribution in [0.1, 0.15) is 31.8 Å². The molecule has 0 saturated carbocycles. The third-order valence-electron chi connectivity index (χ3n) is 3.64. The second-order valence-corrected chi connectivity index (χ2v) is 5.50. The topological polar surface area (TPSA) is 81.7 Å². The highest BCUT2D eigenvalue weighted by Gasteiger charge is 2.13. The van der Waals surface area contributed by atoms with E-state index >= 15 is 0 Å². The Labute approximate surface area is 145 Å². The van der Waals surface area contributed by atoms with Gasteiger partial charge in [-0.3, -0.25) is 4.79 Å². The van der Waals surface area contributed by atoms with Crippen molar-refractivity contribution in [2.45, 2.75) is 13.8 Å². The van der Waals surface area contributed by atoms with Crippen LogP contribution in [-0.2, 0) is 14.3 Å². The molecule has 0 aromatic heterocycles. The van der Waals surface area contributed by atoms with Crippen molar-refractivity contribution in [2.24, 2.45) is 0 Å². The summed E-state index contributed by atoms with van der Waals surface area (Å²) in [5, 5.41) is 2.67. The number of esters is 2. The zero-order valence-corrected chi connectivity index (χ0v) is 14.3. The highest BCUT2D eigenvalue weighted by atomic mass is 16.5. The lowest BCUT2D eigenvalue weighted by molar-refractivity contribution is -0.119. The number of rotatable bonds is 5. The Kier molecular flexibility index (Phi) is 5.89. The van der Waals surface area contributed by atoms with Crippen LogP contribution in [0.4, 0.5) is 5.69 Å². The van der Waals surface area contributed by atoms with Crippen LogP contribution in [0.25, 0.3) is 0 Å². The standard InChI is InChI=1S/C19H19NO5/c1-12-7-8-16(9-13(12)2)20-17(21)11-25-19(23)15-6-4-5-14(10-15)18(22)24-3/h4-10H,11H2,1-3H3,(H,20,21). The Morgan fingerprint density at radius 2 is 1.60 bits per heavy atom. The summed E-state index contributed by atoms with van der Waals surface area (Å²) in [6.07, 6.45) is 0. The maximum absolute atomic E-state index is 12.0. The van der Waals surface area contributed by atoms with Gasteiger partial charge in [0.1, 0.15) is 0 Å². The van der Waals surface area contributed by atoms with E-state index in [1.54, 1.807) is 6.07 Å². The number of carbonyl (C=O) groups is 3. The van der Waals surface area contributed by atoms with Crippen LogP contribution in [0.15, 0.2) is 42.5 Å². The second-order valence-electron chi connectivity index (χ2n) is 5.50. The zero-order chi connectivity index (χ0) is 18.4. The number of ether oxygens (including phenoxy) is 2. The molecule has 6 heteroatoms. The summed E-state index contributed by atoms with van der Waals surface area (Å²) < 4.78 is 9.58. The van der Waals surface area contributed by atoms with E-state index in [1.165, 1.54) is 31.4 Å². The van der Waals surface area contributed by atoms with Crippen LogP contribution in [-0.4, -0.2) is 31.6 Å². The minimum atomic E-state index is -0.694. The minimum Gasteiger partial charge on any atom is -0.465 e. The maximum Gasteiger partial charge on any atom is 0.338 e. The zero-order valence-electron chi connectivity index (χ0n) is 14.3. The molecule has 2 aromatic rings. The highest BCUT2D eigenvalue weighted by Crippen LogP contribution is 2.14. The first-order valence-corrected chi connectivity index (χ1v) is 7.63. The van der Waals surface area contributed by atoms with E-state index in [9.17, 15) is 14.4 Å². The van der Waals surface area contributed by atoms with Gasteiger partial charge in [0, 0.05) is 5.69 Å². The van der Waals surface area contributed by atoms with Gasteiger partial charge in [-0.25, -0.2) is 9.59 Å². The molecule has 130 valence electrons. The largest absolute Gasteiger partial charge is 0.465 e. The normalized spacial score (nSPS) is 10.0. The average molecular weight is 341 g/mol. The molecule has 0 heterocycles. The van der Waals surface area contributed by atoms with Gasteiger partial charge in [0.25, 0.3) is 5.91 Å². The van der Waals surface area contributed by atoms with Crippen LogP contribution < -0.4 is 5.32 Å². The fraction of sp³-hybridized carbons (Fsp3) is 0.211. The number of methoxy groups -OCH3 is 1. The summed E-state index contributed by atoms with van der Waals surface area (Å²) in [5.74, 6) is -1.69. The van der Waals surface area contributed by atoms with E-state index < -0.39 is 24.5 Å². The van der Waals surface area contributed by atoms with Gasteiger partial charge in [-0.2, -0.15) is 0 Å². The molecule has 1 N–H and O–H groups in total. The van der Waals surface area contributed by atoms with E-state index in [-0.39, 0.29) is 11.1 Å². The number of carbonyl (C=O) groups excluding carboxylic acids is 3. The van der Waals surface area contributed by atoms with Crippen molar-refractivity contribution < 1.29 is 23.9 Å². The number of anilines is 1. The van der Waals surface area contributed by atoms with Gasteiger partial charge in [-0.05, 0) is 55.3 Å². The van der Waals surface area contributed by atoms with Crippen molar-refractivity contribution in [2.75, 3.05) is 19.0 Å². The smallest absolute Gasteiger partial charge is 0.338 e. The molecule has 0 aliphatic heterocycles. The fourth-order valence-corrected chi connectivity index (χ4v) is 2.12. The summed E-state index contributed by atoms with van der Waals surface area (Å²) in [5.41, 5.74) is 3.21. The van der Waals surface area contributed by atoms with Crippen LogP contribution in [0, 0.1) is 13.8 Å². The molecule has 0 radical (unpaired) electrons. The van der Waals surface area contributed by atoms with Gasteiger partial charge in [-0.15, -0.1) is 0 Å². The fourth-order valence-electron chi connectivity index (χ4n) is 2.12. The molecule has 0 unspecified atom stereocenters. The van der Waals surface area contributed by atoms with Crippen molar-refractivity contribution in [1.29, 1.82) is 0 Å². The van der Waals surface area contributed by atoms with Crippen molar-refractivity contribution in [3.8, 4) is 0 Å². The number of benzene rings is 2. The van der Waals surface area contributed by atoms with Crippen molar-refractivity contribution in [3.63, 3.8) is 0 Å². The van der Waals surface area contributed by atoms with Gasteiger partial charge in [-0.1, -0.05) is 12.1 Å². The molecule has 0 saturated heterocycles. The molecule has 2 aromatic carbocycles. The monoisotopic (exact) mass is 341 g/mol. The number of hydrogen-bond acceptors (Lipinski definition) is 5. The first-order chi connectivity index (χ1) is 11.9. The Morgan fingerprint density at radius 1 is 0.920 bits per heavy atom. The van der Waals surface area contributed by atoms with E-state index in [0.29, 0.717) is 5.69 Å². The molecular weight excluding hydrogens is 322 g/mol. The second kappa shape index (κ2) is 8.10. The van der Waals surface area contributed by atoms with Crippen LogP contribution in [0.2, 0.25) is 0 Å². The Balaban J connectivity index is 1.94. The summed E-state index contributed by atoms with van der Waals surface area (Å²) in [6.45, 7) is 3.50. The number of nitrogens with one attached hydrogen (secondary N) is 1. The highest BCUT2D eigenvalue weighted by molar-refractivity contribution is 5.97. The predicted molar refractivity (Wildman–Crippen MR) is 92.6 cm³/mol. The van der Waals surface area contributed by atoms with E-state index in [1.807, 2.05) is 26.0 Å². The van der Waals surface area contributed by atoms with E-state index in [0.717, 1.165) is 11.1 Å². The summed E-state index contributed by atoms with van der Waals surface area (Å²) in [6, 6.07) is 11.4. The van der Waals surface area contributed by atoms with Gasteiger partial charge < -0.3 is 14.8 Å². The average Bonchev–Trinajstić information content (AvgIpc) is 2.62. The minimum absolute atomic E-state index is 0.168. The third kappa shape index (κ3) is 4.91. The van der Waals surface area contributed by atoms with Crippen molar-refractivity contribution in [3.05, 3.63) is 64.7 Å². The molecular formula is C19H19NO5. The first kappa shape index (κ1) is 18.2. The molecule has 0 aliphatic rings. The van der Waals surface area contributed by atoms with Gasteiger partial charge in [0.15, 0.2) is 6.61 Å². The number of hydrogen-bond donors (Lipinski definition) is 1. The predicted octanol–water partition coefficient (Wildman–Crippen LogP) is 2.89. The lowest BCUT2D eigenvalue weighted by Gasteiger charge is -2.09. The maximum atomic E-state index is 12.0. The molecule has 0 atom stereocenters. The van der Waals surface area contributed by atoms with E-state index in [2.05, 4.69) is 10.1 Å². The summed E-state index contributed by atoms with van der Waals surface area (Å²) in [4.78, 5) is 35.4. The SMILES string of the molecule is COC(=O)c1cccc(C(=O)OCC(=O)Nc2ccc(C)c(C)c2)c1. The molecule has 0 fully saturated rings. The van der Waals surface area contributed by atoms with Crippen LogP contribution >= 0.6 is 0 Å². The van der Waals surface area contributed by atoms with Crippen molar-refractivity contribution >= 4 is 23.5 Å². The molecule has 25 heavy (non-hydrogen) atoms. The third-order valence-corrected chi connectivity index (χ3v) is 3.64. The lowest BCUT2D eigenvalue weighted by Crippen LogP contribution is -2.21. The molecule has 2 rings (SSSR count). The molecule has 0 aliphatic carbocycles. The van der Waals surface area contributed by atoms with E-state index in [4.69, 9.17) is 4.74 Å². The summed E-state index contributed by atoms with van der Waals surface area (Å²) in [7, 11) is 1.25. The van der Waals surface area contributed by atoms with Gasteiger partial charge in [0.05, 0.1) is 18.2 Å². The molecule has 0 spiro atoms. The molecule has 0 bridgehead atoms. The Hall–Kier alpha value is -3.15. The summed E-state index contributed by atoms with van der Waals surface area (Å²) >= 11 is 0. The van der Waals surface area contributed by atoms with Gasteiger partial charge in [0.2, 0.25) is 0 Å². The Bertz CT molecular complexity index is 813. The van der Waals surface area contributed by atoms with Crippen molar-refractivity contribution in [1.82, 2.24) is 0 Å². The van der Waals surface area contributed by atoms with Crippen LogP contribution in [0.3, 0.4) is 0 Å².